The molecule has 0 saturated heterocycles. The van der Waals surface area contributed by atoms with Gasteiger partial charge in [-0.15, -0.1) is 11.3 Å². The topological polar surface area (TPSA) is 63.3 Å². The molecule has 0 atom stereocenters. The van der Waals surface area contributed by atoms with Gasteiger partial charge in [-0.25, -0.2) is 4.98 Å². The minimum Gasteiger partial charge on any atom is -0.383 e. The number of fused-ring (bicyclic) bond motifs is 1. The molecule has 100 valence electrons. The molecular formula is C15H14N4S. The van der Waals surface area contributed by atoms with Crippen molar-refractivity contribution < 1.29 is 0 Å². The first-order valence-corrected chi connectivity index (χ1v) is 7.10. The van der Waals surface area contributed by atoms with Crippen LogP contribution in [0.15, 0.2) is 46.9 Å². The molecule has 0 unspecified atom stereocenters. The molecule has 20 heavy (non-hydrogen) atoms. The molecule has 3 rings (SSSR count). The van der Waals surface area contributed by atoms with E-state index in [1.54, 1.807) is 11.6 Å². The molecular weight excluding hydrogens is 268 g/mol. The second-order valence-electron chi connectivity index (χ2n) is 4.46. The summed E-state index contributed by atoms with van der Waals surface area (Å²) in [5.74, 6) is 0.508. The van der Waals surface area contributed by atoms with Gasteiger partial charge in [0.15, 0.2) is 0 Å². The smallest absolute Gasteiger partial charge is 0.205 e. The van der Waals surface area contributed by atoms with Crippen LogP contribution in [0.3, 0.4) is 0 Å². The number of nitrogens with zero attached hydrogens (tertiary/aromatic N) is 2. The number of aryl methyl sites for hydroxylation is 1. The minimum atomic E-state index is 0.508. The molecule has 0 saturated carbocycles. The van der Waals surface area contributed by atoms with Crippen molar-refractivity contribution in [2.24, 2.45) is 5.10 Å². The summed E-state index contributed by atoms with van der Waals surface area (Å²) in [5, 5.41) is 9.13. The molecule has 2 aromatic carbocycles. The Labute approximate surface area is 121 Å². The monoisotopic (exact) mass is 282 g/mol. The van der Waals surface area contributed by atoms with Crippen molar-refractivity contribution in [2.75, 3.05) is 11.2 Å². The molecule has 0 aliphatic rings. The number of nitrogen functional groups attached to an aromatic ring is 1. The summed E-state index contributed by atoms with van der Waals surface area (Å²) in [6.45, 7) is 2.11. The van der Waals surface area contributed by atoms with E-state index >= 15 is 0 Å². The molecule has 0 aliphatic heterocycles. The lowest BCUT2D eigenvalue weighted by Crippen LogP contribution is -1.92. The number of aromatic nitrogens is 1. The molecule has 0 fully saturated rings. The normalized spacial score (nSPS) is 11.2. The van der Waals surface area contributed by atoms with Crippen LogP contribution in [-0.4, -0.2) is 11.2 Å². The van der Waals surface area contributed by atoms with E-state index in [2.05, 4.69) is 46.7 Å². The summed E-state index contributed by atoms with van der Waals surface area (Å²) in [5.41, 5.74) is 10.8. The van der Waals surface area contributed by atoms with E-state index < -0.39 is 0 Å². The summed E-state index contributed by atoms with van der Waals surface area (Å²) < 4.78 is 0. The highest BCUT2D eigenvalue weighted by Gasteiger charge is 2.01. The number of hydrazone groups is 1. The highest BCUT2D eigenvalue weighted by atomic mass is 32.1. The molecule has 1 aromatic heterocycles. The number of rotatable bonds is 3. The standard InChI is InChI=1S/C15H14N4S/c1-10-6-7-11(13-5-3-2-4-12(10)13)8-17-19-15-18-14(16)9-20-15/h2-9H,16H2,1H3,(H,18,19). The van der Waals surface area contributed by atoms with Crippen molar-refractivity contribution in [3.63, 3.8) is 0 Å². The third-order valence-electron chi connectivity index (χ3n) is 3.06. The Morgan fingerprint density at radius 2 is 2.00 bits per heavy atom. The fourth-order valence-electron chi connectivity index (χ4n) is 2.08. The van der Waals surface area contributed by atoms with Crippen molar-refractivity contribution in [3.8, 4) is 0 Å². The zero-order chi connectivity index (χ0) is 13.9. The molecule has 5 heteroatoms. The third-order valence-corrected chi connectivity index (χ3v) is 3.83. The zero-order valence-corrected chi connectivity index (χ0v) is 11.8. The van der Waals surface area contributed by atoms with E-state index in [1.807, 2.05) is 12.1 Å². The quantitative estimate of drug-likeness (QED) is 0.569. The molecule has 0 bridgehead atoms. The summed E-state index contributed by atoms with van der Waals surface area (Å²) in [6.07, 6.45) is 1.80. The van der Waals surface area contributed by atoms with Crippen LogP contribution >= 0.6 is 11.3 Å². The maximum atomic E-state index is 5.56. The predicted octanol–water partition coefficient (Wildman–Crippen LogP) is 3.63. The lowest BCUT2D eigenvalue weighted by molar-refractivity contribution is 1.29. The predicted molar refractivity (Wildman–Crippen MR) is 86.4 cm³/mol. The van der Waals surface area contributed by atoms with E-state index in [0.29, 0.717) is 10.9 Å². The van der Waals surface area contributed by atoms with Gasteiger partial charge in [0.1, 0.15) is 5.82 Å². The Kier molecular flexibility index (Phi) is 3.35. The highest BCUT2D eigenvalue weighted by Crippen LogP contribution is 2.21. The first-order chi connectivity index (χ1) is 9.74. The van der Waals surface area contributed by atoms with Crippen molar-refractivity contribution in [1.29, 1.82) is 0 Å². The molecule has 3 aromatic rings. The summed E-state index contributed by atoms with van der Waals surface area (Å²) in [7, 11) is 0. The van der Waals surface area contributed by atoms with Crippen LogP contribution in [0.25, 0.3) is 10.8 Å². The largest absolute Gasteiger partial charge is 0.383 e. The molecule has 0 spiro atoms. The summed E-state index contributed by atoms with van der Waals surface area (Å²) in [6, 6.07) is 12.5. The van der Waals surface area contributed by atoms with Crippen molar-refractivity contribution in [1.82, 2.24) is 4.98 Å². The van der Waals surface area contributed by atoms with E-state index in [9.17, 15) is 0 Å². The average molecular weight is 282 g/mol. The van der Waals surface area contributed by atoms with Gasteiger partial charge in [-0.3, -0.25) is 5.43 Å². The summed E-state index contributed by atoms with van der Waals surface area (Å²) in [4.78, 5) is 4.09. The fraction of sp³-hybridized carbons (Fsp3) is 0.0667. The molecule has 4 nitrogen and oxygen atoms in total. The Bertz CT molecular complexity index is 776. The number of nitrogens with one attached hydrogen (secondary N) is 1. The van der Waals surface area contributed by atoms with Gasteiger partial charge in [0.2, 0.25) is 5.13 Å². The second-order valence-corrected chi connectivity index (χ2v) is 5.32. The van der Waals surface area contributed by atoms with E-state index in [4.69, 9.17) is 5.73 Å². The van der Waals surface area contributed by atoms with Crippen LogP contribution in [-0.2, 0) is 0 Å². The van der Waals surface area contributed by atoms with Crippen LogP contribution in [0.4, 0.5) is 10.9 Å². The lowest BCUT2D eigenvalue weighted by atomic mass is 10.0. The van der Waals surface area contributed by atoms with Gasteiger partial charge in [0.25, 0.3) is 0 Å². The molecule has 0 amide bonds. The van der Waals surface area contributed by atoms with E-state index in [0.717, 1.165) is 5.56 Å². The van der Waals surface area contributed by atoms with Crippen molar-refractivity contribution >= 4 is 39.3 Å². The maximum Gasteiger partial charge on any atom is 0.205 e. The molecule has 1 heterocycles. The number of nitrogens with two attached hydrogens (primary N) is 1. The minimum absolute atomic E-state index is 0.508. The molecule has 0 radical (unpaired) electrons. The third kappa shape index (κ3) is 2.48. The Hall–Kier alpha value is -2.40. The van der Waals surface area contributed by atoms with Gasteiger partial charge in [-0.05, 0) is 23.3 Å². The van der Waals surface area contributed by atoms with Gasteiger partial charge in [0, 0.05) is 10.9 Å². The summed E-state index contributed by atoms with van der Waals surface area (Å²) >= 11 is 1.43. The first kappa shape index (κ1) is 12.6. The first-order valence-electron chi connectivity index (χ1n) is 6.22. The SMILES string of the molecule is Cc1ccc(C=NNc2nc(N)cs2)c2ccccc12. The average Bonchev–Trinajstić information content (AvgIpc) is 2.87. The van der Waals surface area contributed by atoms with E-state index in [1.165, 1.54) is 27.7 Å². The van der Waals surface area contributed by atoms with Gasteiger partial charge < -0.3 is 5.73 Å². The van der Waals surface area contributed by atoms with Crippen LogP contribution in [0.5, 0.6) is 0 Å². The fourth-order valence-corrected chi connectivity index (χ4v) is 2.63. The zero-order valence-electron chi connectivity index (χ0n) is 11.0. The van der Waals surface area contributed by atoms with Crippen LogP contribution in [0, 0.1) is 6.92 Å². The number of benzene rings is 2. The van der Waals surface area contributed by atoms with Crippen LogP contribution in [0.1, 0.15) is 11.1 Å². The number of hydrogen-bond donors (Lipinski definition) is 2. The highest BCUT2D eigenvalue weighted by molar-refractivity contribution is 7.14. The molecule has 3 N–H and O–H groups in total. The van der Waals surface area contributed by atoms with Gasteiger partial charge in [-0.2, -0.15) is 5.10 Å². The van der Waals surface area contributed by atoms with Crippen molar-refractivity contribution in [3.05, 3.63) is 52.9 Å². The lowest BCUT2D eigenvalue weighted by Gasteiger charge is -2.04. The number of thiazole rings is 1. The Morgan fingerprint density at radius 1 is 1.20 bits per heavy atom. The van der Waals surface area contributed by atoms with E-state index in [-0.39, 0.29) is 0 Å². The Morgan fingerprint density at radius 3 is 2.75 bits per heavy atom. The maximum absolute atomic E-state index is 5.56. The Balaban J connectivity index is 1.89. The number of anilines is 2. The number of hydrogen-bond acceptors (Lipinski definition) is 5. The van der Waals surface area contributed by atoms with Gasteiger partial charge in [0.05, 0.1) is 6.21 Å². The van der Waals surface area contributed by atoms with Crippen molar-refractivity contribution in [2.45, 2.75) is 6.92 Å². The van der Waals surface area contributed by atoms with Crippen LogP contribution in [0.2, 0.25) is 0 Å². The second kappa shape index (κ2) is 5.30. The van der Waals surface area contributed by atoms with Crippen LogP contribution < -0.4 is 11.2 Å². The van der Waals surface area contributed by atoms with Gasteiger partial charge in [-0.1, -0.05) is 36.4 Å². The van der Waals surface area contributed by atoms with Gasteiger partial charge >= 0.3 is 0 Å². The molecule has 0 aliphatic carbocycles.